The summed E-state index contributed by atoms with van der Waals surface area (Å²) in [7, 11) is 0. The molecule has 4 N–H and O–H groups in total. The number of aromatic nitrogens is 1. The molecule has 1 aromatic heterocycles. The molecule has 18 heavy (non-hydrogen) atoms. The highest BCUT2D eigenvalue weighted by molar-refractivity contribution is 5.82. The Morgan fingerprint density at radius 1 is 1.22 bits per heavy atom. The molecule has 2 aromatic rings. The van der Waals surface area contributed by atoms with Gasteiger partial charge in [-0.2, -0.15) is 0 Å². The molecule has 1 aromatic carbocycles. The molecular weight excluding hydrogens is 228 g/mol. The number of aliphatic hydroxyl groups is 2. The zero-order valence-corrected chi connectivity index (χ0v) is 10.6. The van der Waals surface area contributed by atoms with Crippen molar-refractivity contribution in [3.63, 3.8) is 0 Å². The maximum absolute atomic E-state index is 9.40. The molecule has 0 radical (unpaired) electrons. The molecule has 2 rings (SSSR count). The van der Waals surface area contributed by atoms with Gasteiger partial charge in [0.1, 0.15) is 0 Å². The van der Waals surface area contributed by atoms with E-state index in [4.69, 9.17) is 0 Å². The van der Waals surface area contributed by atoms with Gasteiger partial charge in [-0.3, -0.25) is 0 Å². The predicted molar refractivity (Wildman–Crippen MR) is 72.3 cm³/mol. The lowest BCUT2D eigenvalue weighted by molar-refractivity contribution is 0.0865. The molecule has 0 unspecified atom stereocenters. The van der Waals surface area contributed by atoms with E-state index in [0.717, 1.165) is 11.1 Å². The van der Waals surface area contributed by atoms with E-state index in [1.54, 1.807) is 0 Å². The first-order valence-electron chi connectivity index (χ1n) is 6.26. The zero-order valence-electron chi connectivity index (χ0n) is 10.6. The first-order chi connectivity index (χ1) is 8.74. The van der Waals surface area contributed by atoms with Crippen LogP contribution in [0, 0.1) is 0 Å². The third-order valence-electron chi connectivity index (χ3n) is 3.61. The SMILES string of the molecule is CCC(CO)(CO)NCc1cccc2cc[nH]c12. The van der Waals surface area contributed by atoms with E-state index in [1.807, 2.05) is 31.3 Å². The average Bonchev–Trinajstić information content (AvgIpc) is 2.90. The molecular formula is C14H20N2O2. The second kappa shape index (κ2) is 5.52. The summed E-state index contributed by atoms with van der Waals surface area (Å²) >= 11 is 0. The summed E-state index contributed by atoms with van der Waals surface area (Å²) in [5.74, 6) is 0. The minimum Gasteiger partial charge on any atom is -0.394 e. The Labute approximate surface area is 107 Å². The van der Waals surface area contributed by atoms with Gasteiger partial charge in [0, 0.05) is 18.3 Å². The van der Waals surface area contributed by atoms with Gasteiger partial charge in [0.25, 0.3) is 0 Å². The molecule has 0 aliphatic heterocycles. The van der Waals surface area contributed by atoms with Crippen molar-refractivity contribution in [3.8, 4) is 0 Å². The summed E-state index contributed by atoms with van der Waals surface area (Å²) < 4.78 is 0. The molecule has 0 spiro atoms. The fourth-order valence-electron chi connectivity index (χ4n) is 2.09. The molecule has 0 saturated heterocycles. The van der Waals surface area contributed by atoms with E-state index in [-0.39, 0.29) is 13.2 Å². The minimum atomic E-state index is -0.602. The Balaban J connectivity index is 2.17. The van der Waals surface area contributed by atoms with Gasteiger partial charge in [-0.15, -0.1) is 0 Å². The summed E-state index contributed by atoms with van der Waals surface area (Å²) in [6.07, 6.45) is 2.60. The number of hydrogen-bond acceptors (Lipinski definition) is 3. The second-order valence-corrected chi connectivity index (χ2v) is 4.66. The first-order valence-corrected chi connectivity index (χ1v) is 6.26. The molecule has 0 fully saturated rings. The van der Waals surface area contributed by atoms with Crippen molar-refractivity contribution in [2.75, 3.05) is 13.2 Å². The maximum atomic E-state index is 9.40. The van der Waals surface area contributed by atoms with Crippen LogP contribution in [0.25, 0.3) is 10.9 Å². The number of H-pyrrole nitrogens is 1. The van der Waals surface area contributed by atoms with Crippen LogP contribution in [0.4, 0.5) is 0 Å². The van der Waals surface area contributed by atoms with Gasteiger partial charge >= 0.3 is 0 Å². The van der Waals surface area contributed by atoms with E-state index in [1.165, 1.54) is 5.39 Å². The van der Waals surface area contributed by atoms with Crippen LogP contribution >= 0.6 is 0 Å². The monoisotopic (exact) mass is 248 g/mol. The van der Waals surface area contributed by atoms with Crippen molar-refractivity contribution < 1.29 is 10.2 Å². The fourth-order valence-corrected chi connectivity index (χ4v) is 2.09. The van der Waals surface area contributed by atoms with Gasteiger partial charge in [-0.1, -0.05) is 25.1 Å². The van der Waals surface area contributed by atoms with Crippen molar-refractivity contribution in [3.05, 3.63) is 36.0 Å². The Kier molecular flexibility index (Phi) is 4.01. The summed E-state index contributed by atoms with van der Waals surface area (Å²) in [5.41, 5.74) is 1.64. The Bertz CT molecular complexity index is 495. The van der Waals surface area contributed by atoms with Gasteiger partial charge in [0.2, 0.25) is 0 Å². The van der Waals surface area contributed by atoms with Gasteiger partial charge in [-0.25, -0.2) is 0 Å². The van der Waals surface area contributed by atoms with E-state index < -0.39 is 5.54 Å². The van der Waals surface area contributed by atoms with Crippen molar-refractivity contribution in [1.29, 1.82) is 0 Å². The molecule has 98 valence electrons. The Morgan fingerprint density at radius 2 is 2.00 bits per heavy atom. The van der Waals surface area contributed by atoms with Gasteiger partial charge in [0.05, 0.1) is 18.8 Å². The van der Waals surface area contributed by atoms with E-state index in [2.05, 4.69) is 16.4 Å². The lowest BCUT2D eigenvalue weighted by Crippen LogP contribution is -2.50. The summed E-state index contributed by atoms with van der Waals surface area (Å²) in [6.45, 7) is 2.43. The highest BCUT2D eigenvalue weighted by Crippen LogP contribution is 2.18. The Morgan fingerprint density at radius 3 is 2.67 bits per heavy atom. The number of fused-ring (bicyclic) bond motifs is 1. The van der Waals surface area contributed by atoms with Crippen molar-refractivity contribution in [1.82, 2.24) is 10.3 Å². The third-order valence-corrected chi connectivity index (χ3v) is 3.61. The minimum absolute atomic E-state index is 0.0687. The van der Waals surface area contributed by atoms with Crippen LogP contribution in [0.3, 0.4) is 0 Å². The Hall–Kier alpha value is -1.36. The van der Waals surface area contributed by atoms with Crippen molar-refractivity contribution >= 4 is 10.9 Å². The van der Waals surface area contributed by atoms with Crippen LogP contribution in [-0.2, 0) is 6.54 Å². The number of rotatable bonds is 6. The molecule has 0 aliphatic carbocycles. The number of aromatic amines is 1. The highest BCUT2D eigenvalue weighted by Gasteiger charge is 2.25. The number of nitrogens with one attached hydrogen (secondary N) is 2. The summed E-state index contributed by atoms with van der Waals surface area (Å²) in [5, 5.41) is 23.2. The first kappa shape index (κ1) is 13.1. The maximum Gasteiger partial charge on any atom is 0.0648 e. The smallest absolute Gasteiger partial charge is 0.0648 e. The van der Waals surface area contributed by atoms with Crippen LogP contribution in [0.5, 0.6) is 0 Å². The number of aliphatic hydroxyl groups excluding tert-OH is 2. The molecule has 0 aliphatic rings. The van der Waals surface area contributed by atoms with E-state index in [9.17, 15) is 10.2 Å². The average molecular weight is 248 g/mol. The zero-order chi connectivity index (χ0) is 13.0. The summed E-state index contributed by atoms with van der Waals surface area (Å²) in [4.78, 5) is 3.21. The number of benzene rings is 1. The lowest BCUT2D eigenvalue weighted by atomic mass is 9.98. The van der Waals surface area contributed by atoms with Gasteiger partial charge in [0.15, 0.2) is 0 Å². The molecule has 4 nitrogen and oxygen atoms in total. The quantitative estimate of drug-likeness (QED) is 0.624. The van der Waals surface area contributed by atoms with Crippen molar-refractivity contribution in [2.24, 2.45) is 0 Å². The van der Waals surface area contributed by atoms with Crippen molar-refractivity contribution in [2.45, 2.75) is 25.4 Å². The second-order valence-electron chi connectivity index (χ2n) is 4.66. The van der Waals surface area contributed by atoms with Gasteiger partial charge in [-0.05, 0) is 23.4 Å². The van der Waals surface area contributed by atoms with Crippen LogP contribution in [0.2, 0.25) is 0 Å². The molecule has 0 amide bonds. The van der Waals surface area contributed by atoms with E-state index in [0.29, 0.717) is 13.0 Å². The normalized spacial score (nSPS) is 12.2. The molecule has 1 heterocycles. The number of hydrogen-bond donors (Lipinski definition) is 4. The highest BCUT2D eigenvalue weighted by atomic mass is 16.3. The van der Waals surface area contributed by atoms with Crippen LogP contribution in [0.15, 0.2) is 30.5 Å². The van der Waals surface area contributed by atoms with Crippen LogP contribution in [0.1, 0.15) is 18.9 Å². The topological polar surface area (TPSA) is 68.3 Å². The largest absolute Gasteiger partial charge is 0.394 e. The fraction of sp³-hybridized carbons (Fsp3) is 0.429. The molecule has 0 bridgehead atoms. The van der Waals surface area contributed by atoms with Crippen LogP contribution < -0.4 is 5.32 Å². The standard InChI is InChI=1S/C14H20N2O2/c1-2-14(9-17,10-18)16-8-12-5-3-4-11-6-7-15-13(11)12/h3-7,15-18H,2,8-10H2,1H3. The molecule has 4 heteroatoms. The molecule has 0 saturated carbocycles. The molecule has 0 atom stereocenters. The van der Waals surface area contributed by atoms with Crippen LogP contribution in [-0.4, -0.2) is 33.9 Å². The predicted octanol–water partition coefficient (Wildman–Crippen LogP) is 1.39. The lowest BCUT2D eigenvalue weighted by Gasteiger charge is -2.30. The summed E-state index contributed by atoms with van der Waals surface area (Å²) in [6, 6.07) is 8.14. The van der Waals surface area contributed by atoms with Gasteiger partial charge < -0.3 is 20.5 Å². The number of para-hydroxylation sites is 1. The third kappa shape index (κ3) is 2.41. The van der Waals surface area contributed by atoms with E-state index >= 15 is 0 Å².